The highest BCUT2D eigenvalue weighted by atomic mass is 16.5. The van der Waals surface area contributed by atoms with E-state index in [1.54, 1.807) is 7.11 Å². The Balaban J connectivity index is 1.70. The molecule has 1 aromatic heterocycles. The molecule has 0 unspecified atom stereocenters. The molecular weight excluding hydrogens is 426 g/mol. The van der Waals surface area contributed by atoms with Gasteiger partial charge < -0.3 is 20.1 Å². The lowest BCUT2D eigenvalue weighted by atomic mass is 10.0. The van der Waals surface area contributed by atoms with Gasteiger partial charge in [-0.15, -0.1) is 0 Å². The number of ether oxygens (including phenoxy) is 2. The van der Waals surface area contributed by atoms with E-state index in [1.807, 2.05) is 51.1 Å². The Morgan fingerprint density at radius 3 is 2.18 bits per heavy atom. The van der Waals surface area contributed by atoms with Crippen molar-refractivity contribution < 1.29 is 14.3 Å². The highest BCUT2D eigenvalue weighted by Crippen LogP contribution is 2.37. The van der Waals surface area contributed by atoms with Gasteiger partial charge >= 0.3 is 6.09 Å². The monoisotopic (exact) mass is 457 g/mol. The SMILES string of the molecule is COc1cc2nc3cc(C)c(C)cc3c(Nc3ccc(COC(=O)NC(C)C)cc3)c2cc1C. The molecule has 0 aliphatic heterocycles. The summed E-state index contributed by atoms with van der Waals surface area (Å²) in [7, 11) is 1.68. The number of carbonyl (C=O) groups is 1. The Morgan fingerprint density at radius 1 is 0.912 bits per heavy atom. The Bertz CT molecular complexity index is 1360. The van der Waals surface area contributed by atoms with Crippen LogP contribution >= 0.6 is 0 Å². The number of hydrogen-bond acceptors (Lipinski definition) is 5. The number of hydrogen-bond donors (Lipinski definition) is 2. The van der Waals surface area contributed by atoms with Crippen molar-refractivity contribution in [1.29, 1.82) is 0 Å². The summed E-state index contributed by atoms with van der Waals surface area (Å²) in [5.74, 6) is 0.819. The third kappa shape index (κ3) is 4.91. The molecule has 0 bridgehead atoms. The summed E-state index contributed by atoms with van der Waals surface area (Å²) in [5, 5.41) is 8.44. The van der Waals surface area contributed by atoms with Crippen LogP contribution in [0.5, 0.6) is 5.75 Å². The molecule has 0 spiro atoms. The van der Waals surface area contributed by atoms with Gasteiger partial charge in [0.1, 0.15) is 12.4 Å². The van der Waals surface area contributed by atoms with Gasteiger partial charge in [-0.05, 0) is 87.2 Å². The van der Waals surface area contributed by atoms with Crippen molar-refractivity contribution in [3.63, 3.8) is 0 Å². The molecular formula is C28H31N3O3. The number of anilines is 2. The van der Waals surface area contributed by atoms with Crippen molar-refractivity contribution in [3.8, 4) is 5.75 Å². The van der Waals surface area contributed by atoms with Gasteiger partial charge in [-0.25, -0.2) is 9.78 Å². The fourth-order valence-electron chi connectivity index (χ4n) is 3.95. The van der Waals surface area contributed by atoms with Crippen LogP contribution in [0.4, 0.5) is 16.2 Å². The lowest BCUT2D eigenvalue weighted by molar-refractivity contribution is 0.137. The van der Waals surface area contributed by atoms with Gasteiger partial charge in [0, 0.05) is 28.6 Å². The number of rotatable bonds is 6. The molecule has 0 saturated heterocycles. The van der Waals surface area contributed by atoms with Crippen molar-refractivity contribution in [2.24, 2.45) is 0 Å². The number of aryl methyl sites for hydroxylation is 3. The lowest BCUT2D eigenvalue weighted by Gasteiger charge is -2.17. The van der Waals surface area contributed by atoms with E-state index in [0.717, 1.165) is 50.1 Å². The van der Waals surface area contributed by atoms with E-state index in [0.29, 0.717) is 0 Å². The van der Waals surface area contributed by atoms with Crippen LogP contribution in [0.15, 0.2) is 48.5 Å². The van der Waals surface area contributed by atoms with Gasteiger partial charge in [0.05, 0.1) is 23.8 Å². The van der Waals surface area contributed by atoms with Gasteiger partial charge in [-0.3, -0.25) is 0 Å². The van der Waals surface area contributed by atoms with Crippen LogP contribution in [-0.2, 0) is 11.3 Å². The third-order valence-corrected chi connectivity index (χ3v) is 5.90. The van der Waals surface area contributed by atoms with Gasteiger partial charge in [0.15, 0.2) is 0 Å². The van der Waals surface area contributed by atoms with E-state index in [9.17, 15) is 4.79 Å². The number of methoxy groups -OCH3 is 1. The van der Waals surface area contributed by atoms with E-state index in [2.05, 4.69) is 42.7 Å². The van der Waals surface area contributed by atoms with E-state index >= 15 is 0 Å². The second-order valence-corrected chi connectivity index (χ2v) is 8.98. The normalized spacial score (nSPS) is 11.1. The van der Waals surface area contributed by atoms with E-state index in [1.165, 1.54) is 11.1 Å². The maximum atomic E-state index is 11.7. The number of benzene rings is 3. The van der Waals surface area contributed by atoms with Crippen molar-refractivity contribution in [2.45, 2.75) is 47.3 Å². The van der Waals surface area contributed by atoms with Crippen LogP contribution in [0.3, 0.4) is 0 Å². The average molecular weight is 458 g/mol. The molecule has 1 amide bonds. The minimum absolute atomic E-state index is 0.0418. The molecule has 176 valence electrons. The zero-order valence-electron chi connectivity index (χ0n) is 20.6. The molecule has 3 aromatic carbocycles. The van der Waals surface area contributed by atoms with Gasteiger partial charge in [-0.2, -0.15) is 0 Å². The first-order chi connectivity index (χ1) is 16.2. The fourth-order valence-corrected chi connectivity index (χ4v) is 3.95. The molecule has 4 aromatic rings. The first kappa shape index (κ1) is 23.4. The van der Waals surface area contributed by atoms with Crippen LogP contribution in [0.25, 0.3) is 21.8 Å². The molecule has 2 N–H and O–H groups in total. The number of nitrogens with zero attached hydrogens (tertiary/aromatic N) is 1. The average Bonchev–Trinajstić information content (AvgIpc) is 2.79. The summed E-state index contributed by atoms with van der Waals surface area (Å²) in [5.41, 5.74) is 8.15. The number of alkyl carbamates (subject to hydrolysis) is 1. The van der Waals surface area contributed by atoms with E-state index < -0.39 is 6.09 Å². The summed E-state index contributed by atoms with van der Waals surface area (Å²) >= 11 is 0. The van der Waals surface area contributed by atoms with Crippen molar-refractivity contribution in [2.75, 3.05) is 12.4 Å². The Kier molecular flexibility index (Phi) is 6.59. The van der Waals surface area contributed by atoms with E-state index in [-0.39, 0.29) is 12.6 Å². The van der Waals surface area contributed by atoms with Gasteiger partial charge in [-0.1, -0.05) is 12.1 Å². The first-order valence-electron chi connectivity index (χ1n) is 11.4. The highest BCUT2D eigenvalue weighted by Gasteiger charge is 2.14. The molecule has 6 nitrogen and oxygen atoms in total. The Morgan fingerprint density at radius 2 is 1.53 bits per heavy atom. The van der Waals surface area contributed by atoms with Gasteiger partial charge in [0.25, 0.3) is 0 Å². The zero-order valence-corrected chi connectivity index (χ0v) is 20.6. The molecule has 4 rings (SSSR count). The second kappa shape index (κ2) is 9.59. The summed E-state index contributed by atoms with van der Waals surface area (Å²) < 4.78 is 10.8. The van der Waals surface area contributed by atoms with Crippen molar-refractivity contribution in [3.05, 3.63) is 70.8 Å². The molecule has 6 heteroatoms. The molecule has 0 aliphatic carbocycles. The van der Waals surface area contributed by atoms with Crippen LogP contribution in [-0.4, -0.2) is 24.2 Å². The van der Waals surface area contributed by atoms with E-state index in [4.69, 9.17) is 14.5 Å². The molecule has 0 atom stereocenters. The number of pyridine rings is 1. The van der Waals surface area contributed by atoms with Crippen LogP contribution in [0, 0.1) is 20.8 Å². The largest absolute Gasteiger partial charge is 0.496 e. The maximum Gasteiger partial charge on any atom is 0.407 e. The maximum absolute atomic E-state index is 11.7. The highest BCUT2D eigenvalue weighted by molar-refractivity contribution is 6.09. The number of fused-ring (bicyclic) bond motifs is 2. The van der Waals surface area contributed by atoms with Crippen LogP contribution in [0.2, 0.25) is 0 Å². The summed E-state index contributed by atoms with van der Waals surface area (Å²) in [6, 6.07) is 16.4. The number of aromatic nitrogens is 1. The fraction of sp³-hybridized carbons (Fsp3) is 0.286. The van der Waals surface area contributed by atoms with Crippen LogP contribution < -0.4 is 15.4 Å². The minimum Gasteiger partial charge on any atom is -0.496 e. The van der Waals surface area contributed by atoms with Gasteiger partial charge in [0.2, 0.25) is 0 Å². The smallest absolute Gasteiger partial charge is 0.407 e. The summed E-state index contributed by atoms with van der Waals surface area (Å²) in [6.45, 7) is 10.3. The quantitative estimate of drug-likeness (QED) is 0.315. The Hall–Kier alpha value is -3.80. The summed E-state index contributed by atoms with van der Waals surface area (Å²) in [4.78, 5) is 16.7. The number of nitrogens with one attached hydrogen (secondary N) is 2. The zero-order chi connectivity index (χ0) is 24.4. The van der Waals surface area contributed by atoms with Crippen molar-refractivity contribution in [1.82, 2.24) is 10.3 Å². The second-order valence-electron chi connectivity index (χ2n) is 8.98. The molecule has 0 radical (unpaired) electrons. The third-order valence-electron chi connectivity index (χ3n) is 5.90. The molecule has 0 aliphatic rings. The first-order valence-corrected chi connectivity index (χ1v) is 11.4. The molecule has 1 heterocycles. The summed E-state index contributed by atoms with van der Waals surface area (Å²) in [6.07, 6.45) is -0.414. The predicted molar refractivity (Wildman–Crippen MR) is 138 cm³/mol. The Labute approximate surface area is 200 Å². The predicted octanol–water partition coefficient (Wildman–Crippen LogP) is 6.70. The lowest BCUT2D eigenvalue weighted by Crippen LogP contribution is -2.30. The molecule has 34 heavy (non-hydrogen) atoms. The van der Waals surface area contributed by atoms with Crippen molar-refractivity contribution >= 4 is 39.3 Å². The molecule has 0 saturated carbocycles. The minimum atomic E-state index is -0.414. The topological polar surface area (TPSA) is 72.5 Å². The standard InChI is InChI=1S/C28H31N3O3/c1-16(2)29-28(32)34-15-20-7-9-21(10-8-20)30-27-22-11-17(3)18(4)13-24(22)31-25-14-26(33-6)19(5)12-23(25)27/h7-14,16H,15H2,1-6H3,(H,29,32)(H,30,31). The number of carbonyl (C=O) groups excluding carboxylic acids is 1. The number of amides is 1. The van der Waals surface area contributed by atoms with Crippen LogP contribution in [0.1, 0.15) is 36.1 Å². The molecule has 0 fully saturated rings.